The van der Waals surface area contributed by atoms with Crippen molar-refractivity contribution in [3.05, 3.63) is 58.6 Å². The number of para-hydroxylation sites is 1. The zero-order valence-electron chi connectivity index (χ0n) is 13.4. The van der Waals surface area contributed by atoms with E-state index in [1.807, 2.05) is 25.1 Å². The van der Waals surface area contributed by atoms with E-state index in [9.17, 15) is 13.2 Å². The third-order valence-corrected chi connectivity index (χ3v) is 5.57. The lowest BCUT2D eigenvalue weighted by atomic mass is 10.2. The molecule has 0 aliphatic heterocycles. The Bertz CT molecular complexity index is 820. The van der Waals surface area contributed by atoms with Crippen LogP contribution in [-0.2, 0) is 14.8 Å². The lowest BCUT2D eigenvalue weighted by Crippen LogP contribution is -2.43. The molecule has 0 heterocycles. The summed E-state index contributed by atoms with van der Waals surface area (Å²) in [6, 6.07) is 12.8. The highest BCUT2D eigenvalue weighted by atomic mass is 79.9. The molecule has 2 aromatic carbocycles. The Morgan fingerprint density at radius 3 is 2.33 bits per heavy atom. The van der Waals surface area contributed by atoms with Crippen LogP contribution in [0.25, 0.3) is 0 Å². The van der Waals surface area contributed by atoms with Crippen molar-refractivity contribution < 1.29 is 13.2 Å². The predicted octanol–water partition coefficient (Wildman–Crippen LogP) is 3.45. The summed E-state index contributed by atoms with van der Waals surface area (Å²) in [5, 5.41) is 2.77. The number of anilines is 1. The van der Waals surface area contributed by atoms with Gasteiger partial charge in [0.2, 0.25) is 15.9 Å². The van der Waals surface area contributed by atoms with Gasteiger partial charge in [0.1, 0.15) is 6.04 Å². The Hall–Kier alpha value is -1.70. The first-order chi connectivity index (χ1) is 11.3. The van der Waals surface area contributed by atoms with E-state index in [1.165, 1.54) is 12.1 Å². The van der Waals surface area contributed by atoms with Gasteiger partial charge >= 0.3 is 0 Å². The largest absolute Gasteiger partial charge is 0.324 e. The number of carbonyl (C=O) groups excluding carboxylic acids is 1. The van der Waals surface area contributed by atoms with E-state index in [-0.39, 0.29) is 10.8 Å². The molecule has 0 saturated heterocycles. The van der Waals surface area contributed by atoms with Crippen molar-refractivity contribution >= 4 is 37.5 Å². The summed E-state index contributed by atoms with van der Waals surface area (Å²) in [5.41, 5.74) is 1.58. The number of aryl methyl sites for hydroxylation is 1. The van der Waals surface area contributed by atoms with Crippen molar-refractivity contribution in [1.29, 1.82) is 0 Å². The molecule has 1 amide bonds. The summed E-state index contributed by atoms with van der Waals surface area (Å²) in [5.74, 6) is -0.382. The number of hydrogen-bond acceptors (Lipinski definition) is 3. The lowest BCUT2D eigenvalue weighted by Gasteiger charge is -2.18. The summed E-state index contributed by atoms with van der Waals surface area (Å²) in [6.07, 6.45) is 0.341. The molecule has 1 atom stereocenters. The van der Waals surface area contributed by atoms with E-state index in [1.54, 1.807) is 25.1 Å². The smallest absolute Gasteiger partial charge is 0.242 e. The van der Waals surface area contributed by atoms with Gasteiger partial charge in [-0.2, -0.15) is 4.72 Å². The van der Waals surface area contributed by atoms with Crippen LogP contribution < -0.4 is 10.0 Å². The van der Waals surface area contributed by atoms with Crippen LogP contribution in [0.2, 0.25) is 0 Å². The van der Waals surface area contributed by atoms with Gasteiger partial charge in [-0.3, -0.25) is 4.79 Å². The van der Waals surface area contributed by atoms with Gasteiger partial charge in [-0.1, -0.05) is 41.1 Å². The van der Waals surface area contributed by atoms with E-state index in [0.717, 1.165) is 10.0 Å². The van der Waals surface area contributed by atoms with Crippen LogP contribution in [0.4, 0.5) is 5.69 Å². The van der Waals surface area contributed by atoms with E-state index in [4.69, 9.17) is 0 Å². The fraction of sp³-hybridized carbons (Fsp3) is 0.235. The van der Waals surface area contributed by atoms with Crippen LogP contribution in [0.5, 0.6) is 0 Å². The molecule has 0 aliphatic rings. The molecule has 2 aromatic rings. The molecule has 128 valence electrons. The molecule has 0 aromatic heterocycles. The van der Waals surface area contributed by atoms with Crippen molar-refractivity contribution in [3.63, 3.8) is 0 Å². The van der Waals surface area contributed by atoms with E-state index < -0.39 is 16.1 Å². The van der Waals surface area contributed by atoms with Crippen LogP contribution in [0.1, 0.15) is 18.9 Å². The first-order valence-electron chi connectivity index (χ1n) is 7.48. The number of rotatable bonds is 6. The molecule has 1 unspecified atom stereocenters. The van der Waals surface area contributed by atoms with Crippen molar-refractivity contribution in [2.45, 2.75) is 31.2 Å². The summed E-state index contributed by atoms with van der Waals surface area (Å²) in [7, 11) is -3.77. The van der Waals surface area contributed by atoms with Crippen molar-refractivity contribution in [1.82, 2.24) is 4.72 Å². The van der Waals surface area contributed by atoms with Gasteiger partial charge in [0.05, 0.1) is 4.90 Å². The number of halogens is 1. The Kier molecular flexibility index (Phi) is 6.15. The highest BCUT2D eigenvalue weighted by molar-refractivity contribution is 9.10. The highest BCUT2D eigenvalue weighted by Gasteiger charge is 2.24. The Morgan fingerprint density at radius 1 is 1.12 bits per heavy atom. The van der Waals surface area contributed by atoms with Gasteiger partial charge in [-0.25, -0.2) is 8.42 Å². The molecule has 0 radical (unpaired) electrons. The van der Waals surface area contributed by atoms with Gasteiger partial charge in [0.25, 0.3) is 0 Å². The number of hydrogen-bond donors (Lipinski definition) is 2. The summed E-state index contributed by atoms with van der Waals surface area (Å²) < 4.78 is 28.1. The SMILES string of the molecule is CCC(NS(=O)(=O)c1ccc(Br)cc1)C(=O)Nc1ccccc1C. The fourth-order valence-electron chi connectivity index (χ4n) is 2.12. The second kappa shape index (κ2) is 7.92. The second-order valence-corrected chi connectivity index (χ2v) is 7.97. The molecule has 0 fully saturated rings. The molecule has 0 saturated carbocycles. The average Bonchev–Trinajstić information content (AvgIpc) is 2.55. The Labute approximate surface area is 150 Å². The number of amides is 1. The quantitative estimate of drug-likeness (QED) is 0.765. The Morgan fingerprint density at radius 2 is 1.75 bits per heavy atom. The number of sulfonamides is 1. The van der Waals surface area contributed by atoms with Crippen LogP contribution >= 0.6 is 15.9 Å². The van der Waals surface area contributed by atoms with Crippen molar-refractivity contribution in [2.24, 2.45) is 0 Å². The minimum absolute atomic E-state index is 0.118. The fourth-order valence-corrected chi connectivity index (χ4v) is 3.67. The van der Waals surface area contributed by atoms with Gasteiger partial charge in [-0.05, 0) is 49.2 Å². The summed E-state index contributed by atoms with van der Waals surface area (Å²) >= 11 is 3.26. The minimum Gasteiger partial charge on any atom is -0.324 e. The second-order valence-electron chi connectivity index (χ2n) is 5.34. The zero-order chi connectivity index (χ0) is 17.7. The lowest BCUT2D eigenvalue weighted by molar-refractivity contribution is -0.117. The third kappa shape index (κ3) is 4.66. The summed E-state index contributed by atoms with van der Waals surface area (Å²) in [4.78, 5) is 12.5. The van der Waals surface area contributed by atoms with Crippen molar-refractivity contribution in [2.75, 3.05) is 5.32 Å². The van der Waals surface area contributed by atoms with E-state index in [2.05, 4.69) is 26.0 Å². The molecule has 2 N–H and O–H groups in total. The first kappa shape index (κ1) is 18.6. The van der Waals surface area contributed by atoms with E-state index >= 15 is 0 Å². The molecular weight excluding hydrogens is 392 g/mol. The van der Waals surface area contributed by atoms with Crippen LogP contribution in [0.3, 0.4) is 0 Å². The third-order valence-electron chi connectivity index (χ3n) is 3.55. The van der Waals surface area contributed by atoms with Gasteiger partial charge in [0.15, 0.2) is 0 Å². The average molecular weight is 411 g/mol. The molecule has 5 nitrogen and oxygen atoms in total. The first-order valence-corrected chi connectivity index (χ1v) is 9.75. The molecule has 0 aliphatic carbocycles. The standard InChI is InChI=1S/C17H19BrN2O3S/c1-3-15(17(21)19-16-7-5-4-6-12(16)2)20-24(22,23)14-10-8-13(18)9-11-14/h4-11,15,20H,3H2,1-2H3,(H,19,21). The normalized spacial score (nSPS) is 12.6. The highest BCUT2D eigenvalue weighted by Crippen LogP contribution is 2.17. The molecule has 7 heteroatoms. The van der Waals surface area contributed by atoms with E-state index in [0.29, 0.717) is 12.1 Å². The monoisotopic (exact) mass is 410 g/mol. The maximum Gasteiger partial charge on any atom is 0.242 e. The number of nitrogens with one attached hydrogen (secondary N) is 2. The van der Waals surface area contributed by atoms with Crippen LogP contribution in [0.15, 0.2) is 57.9 Å². The van der Waals surface area contributed by atoms with Gasteiger partial charge in [0, 0.05) is 10.2 Å². The Balaban J connectivity index is 2.15. The topological polar surface area (TPSA) is 75.3 Å². The minimum atomic E-state index is -3.77. The van der Waals surface area contributed by atoms with Gasteiger partial charge in [-0.15, -0.1) is 0 Å². The van der Waals surface area contributed by atoms with Crippen molar-refractivity contribution in [3.8, 4) is 0 Å². The summed E-state index contributed by atoms with van der Waals surface area (Å²) in [6.45, 7) is 3.63. The maximum atomic E-state index is 12.4. The predicted molar refractivity (Wildman–Crippen MR) is 98.4 cm³/mol. The molecule has 2 rings (SSSR count). The van der Waals surface area contributed by atoms with Gasteiger partial charge < -0.3 is 5.32 Å². The zero-order valence-corrected chi connectivity index (χ0v) is 15.8. The van der Waals surface area contributed by atoms with Crippen LogP contribution in [0, 0.1) is 6.92 Å². The van der Waals surface area contributed by atoms with Crippen LogP contribution in [-0.4, -0.2) is 20.4 Å². The molecule has 0 spiro atoms. The molecule has 0 bridgehead atoms. The number of benzene rings is 2. The molecule has 24 heavy (non-hydrogen) atoms. The maximum absolute atomic E-state index is 12.4. The molecular formula is C17H19BrN2O3S. The number of carbonyl (C=O) groups is 1.